The number of benzene rings is 2. The van der Waals surface area contributed by atoms with E-state index < -0.39 is 39.9 Å². The van der Waals surface area contributed by atoms with Gasteiger partial charge in [-0.1, -0.05) is 35.4 Å². The number of carbonyl (C=O) groups excluding carboxylic acids is 2. The lowest BCUT2D eigenvalue weighted by Crippen LogP contribution is -2.32. The first kappa shape index (κ1) is 25.2. The van der Waals surface area contributed by atoms with Gasteiger partial charge in [0.25, 0.3) is 5.56 Å². The van der Waals surface area contributed by atoms with Gasteiger partial charge in [-0.2, -0.15) is 0 Å². The maximum atomic E-state index is 12.8. The van der Waals surface area contributed by atoms with Crippen molar-refractivity contribution in [3.8, 4) is 0 Å². The summed E-state index contributed by atoms with van der Waals surface area (Å²) in [5.41, 5.74) is 1.88. The van der Waals surface area contributed by atoms with Gasteiger partial charge in [-0.3, -0.25) is 14.3 Å². The van der Waals surface area contributed by atoms with Crippen molar-refractivity contribution in [1.29, 1.82) is 0 Å². The van der Waals surface area contributed by atoms with Crippen molar-refractivity contribution < 1.29 is 19.1 Å². The maximum absolute atomic E-state index is 12.8. The Labute approximate surface area is 219 Å². The molecule has 1 saturated heterocycles. The van der Waals surface area contributed by atoms with Crippen LogP contribution in [-0.2, 0) is 9.47 Å². The van der Waals surface area contributed by atoms with Crippen molar-refractivity contribution in [3.05, 3.63) is 101 Å². The maximum Gasteiger partial charge on any atom is 0.338 e. The molecule has 0 aliphatic carbocycles. The highest BCUT2D eigenvalue weighted by molar-refractivity contribution is 14.1. The molecule has 1 aliphatic heterocycles. The van der Waals surface area contributed by atoms with E-state index in [4.69, 9.17) is 9.47 Å². The number of aromatic nitrogens is 2. The van der Waals surface area contributed by atoms with E-state index in [-0.39, 0.29) is 6.61 Å². The molecule has 1 aromatic heterocycles. The van der Waals surface area contributed by atoms with Crippen LogP contribution < -0.4 is 11.2 Å². The Morgan fingerprint density at radius 1 is 1.00 bits per heavy atom. The molecule has 3 atom stereocenters. The minimum Gasteiger partial charge on any atom is -0.461 e. The van der Waals surface area contributed by atoms with Gasteiger partial charge in [0.1, 0.15) is 12.7 Å². The summed E-state index contributed by atoms with van der Waals surface area (Å²) in [6.45, 7) is 3.85. The number of H-pyrrole nitrogens is 1. The van der Waals surface area contributed by atoms with Crippen molar-refractivity contribution in [2.45, 2.75) is 37.0 Å². The Morgan fingerprint density at radius 2 is 1.57 bits per heavy atom. The van der Waals surface area contributed by atoms with Gasteiger partial charge in [0.2, 0.25) is 0 Å². The van der Waals surface area contributed by atoms with E-state index in [0.29, 0.717) is 21.1 Å². The van der Waals surface area contributed by atoms with Crippen molar-refractivity contribution in [3.63, 3.8) is 0 Å². The Morgan fingerprint density at radius 3 is 2.17 bits per heavy atom. The number of ether oxygens (including phenoxy) is 2. The van der Waals surface area contributed by atoms with E-state index in [1.165, 1.54) is 22.5 Å². The van der Waals surface area contributed by atoms with Gasteiger partial charge in [-0.25, -0.2) is 14.4 Å². The molecule has 3 aromatic rings. The minimum absolute atomic E-state index is 0.00504. The average molecular weight is 606 g/mol. The number of halogens is 1. The number of thioether (sulfide) groups is 1. The molecule has 1 fully saturated rings. The average Bonchev–Trinajstić information content (AvgIpc) is 3.22. The number of hydrogen-bond acceptors (Lipinski definition) is 7. The highest BCUT2D eigenvalue weighted by Gasteiger charge is 2.40. The number of aryl methyl sites for hydroxylation is 2. The smallest absolute Gasteiger partial charge is 0.338 e. The third kappa shape index (κ3) is 6.04. The molecule has 2 heterocycles. The van der Waals surface area contributed by atoms with Crippen LogP contribution in [0, 0.1) is 17.4 Å². The number of nitrogens with one attached hydrogen (secondary N) is 1. The molecule has 2 aromatic carbocycles. The monoisotopic (exact) mass is 606 g/mol. The van der Waals surface area contributed by atoms with Crippen molar-refractivity contribution >= 4 is 46.3 Å². The number of aromatic amines is 1. The Hall–Kier alpha value is -2.86. The van der Waals surface area contributed by atoms with Crippen LogP contribution in [0.4, 0.5) is 0 Å². The Balaban J connectivity index is 1.53. The van der Waals surface area contributed by atoms with Crippen molar-refractivity contribution in [2.75, 3.05) is 6.61 Å². The fourth-order valence-corrected chi connectivity index (χ4v) is 5.56. The molecule has 0 saturated carbocycles. The van der Waals surface area contributed by atoms with E-state index in [2.05, 4.69) is 4.98 Å². The van der Waals surface area contributed by atoms with Crippen LogP contribution in [0.15, 0.2) is 64.3 Å². The summed E-state index contributed by atoms with van der Waals surface area (Å²) in [6, 6.07) is 14.1. The quantitative estimate of drug-likeness (QED) is 0.336. The van der Waals surface area contributed by atoms with Crippen LogP contribution in [0.25, 0.3) is 0 Å². The molecule has 0 radical (unpaired) electrons. The van der Waals surface area contributed by atoms with Gasteiger partial charge in [-0.15, -0.1) is 11.8 Å². The second-order valence-electron chi connectivity index (χ2n) is 8.28. The Bertz CT molecular complexity index is 1350. The summed E-state index contributed by atoms with van der Waals surface area (Å²) in [7, 11) is 0. The summed E-state index contributed by atoms with van der Waals surface area (Å²) in [4.78, 5) is 51.9. The highest BCUT2D eigenvalue weighted by atomic mass is 127. The molecule has 182 valence electrons. The molecular weight excluding hydrogens is 583 g/mol. The number of rotatable bonds is 6. The molecule has 35 heavy (non-hydrogen) atoms. The van der Waals surface area contributed by atoms with E-state index in [1.54, 1.807) is 24.3 Å². The summed E-state index contributed by atoms with van der Waals surface area (Å²) < 4.78 is 13.1. The minimum atomic E-state index is -0.610. The standard InChI is InChI=1S/C25H23IN2O6S/c1-14-3-7-16(8-4-14)23(30)33-13-20-19(34-24(31)17-9-5-15(2)6-10-17)11-21(35-20)28-12-18(26)22(29)27-25(28)32/h3-10,12,19-21H,11,13H2,1-2H3,(H,27,29,32)/t19-,20+,21+/m0/s1. The molecule has 1 N–H and O–H groups in total. The zero-order valence-electron chi connectivity index (χ0n) is 19.0. The van der Waals surface area contributed by atoms with Crippen LogP contribution in [0.5, 0.6) is 0 Å². The number of nitrogens with zero attached hydrogens (tertiary/aromatic N) is 1. The number of carbonyl (C=O) groups is 2. The lowest BCUT2D eigenvalue weighted by Gasteiger charge is -2.19. The lowest BCUT2D eigenvalue weighted by molar-refractivity contribution is 0.0204. The van der Waals surface area contributed by atoms with Crippen LogP contribution in [0.1, 0.15) is 43.6 Å². The second-order valence-corrected chi connectivity index (χ2v) is 10.9. The van der Waals surface area contributed by atoms with E-state index in [1.807, 2.05) is 60.7 Å². The second kappa shape index (κ2) is 10.8. The molecule has 1 aliphatic rings. The van der Waals surface area contributed by atoms with Gasteiger partial charge in [0.15, 0.2) is 0 Å². The SMILES string of the molecule is Cc1ccc(C(=O)OC[C@H]2S[C@@H](n3cc(I)c(=O)[nH]c3=O)C[C@@H]2OC(=O)c2ccc(C)cc2)cc1. The zero-order valence-corrected chi connectivity index (χ0v) is 22.0. The van der Waals surface area contributed by atoms with Gasteiger partial charge >= 0.3 is 17.6 Å². The predicted molar refractivity (Wildman–Crippen MR) is 141 cm³/mol. The largest absolute Gasteiger partial charge is 0.461 e. The molecule has 0 amide bonds. The molecule has 10 heteroatoms. The summed E-state index contributed by atoms with van der Waals surface area (Å²) in [6.07, 6.45) is 1.19. The third-order valence-electron chi connectivity index (χ3n) is 5.63. The summed E-state index contributed by atoms with van der Waals surface area (Å²) in [5, 5.41) is -0.813. The lowest BCUT2D eigenvalue weighted by atomic mass is 10.1. The fraction of sp³-hybridized carbons (Fsp3) is 0.280. The predicted octanol–water partition coefficient (Wildman–Crippen LogP) is 3.84. The molecule has 8 nitrogen and oxygen atoms in total. The van der Waals surface area contributed by atoms with Crippen molar-refractivity contribution in [1.82, 2.24) is 9.55 Å². The number of esters is 2. The van der Waals surface area contributed by atoms with E-state index in [0.717, 1.165) is 11.1 Å². The van der Waals surface area contributed by atoms with Gasteiger partial charge in [0.05, 0.1) is 25.3 Å². The van der Waals surface area contributed by atoms with Crippen LogP contribution in [0.3, 0.4) is 0 Å². The first-order valence-electron chi connectivity index (χ1n) is 10.9. The molecular formula is C25H23IN2O6S. The fourth-order valence-electron chi connectivity index (χ4n) is 3.65. The van der Waals surface area contributed by atoms with Gasteiger partial charge in [0, 0.05) is 12.6 Å². The number of hydrogen-bond donors (Lipinski definition) is 1. The molecule has 0 bridgehead atoms. The van der Waals surface area contributed by atoms with E-state index >= 15 is 0 Å². The zero-order chi connectivity index (χ0) is 25.1. The van der Waals surface area contributed by atoms with Gasteiger partial charge < -0.3 is 9.47 Å². The van der Waals surface area contributed by atoms with E-state index in [9.17, 15) is 19.2 Å². The molecule has 4 rings (SSSR count). The normalized spacial score (nSPS) is 19.3. The Kier molecular flexibility index (Phi) is 7.80. The third-order valence-corrected chi connectivity index (χ3v) is 7.92. The molecule has 0 spiro atoms. The highest BCUT2D eigenvalue weighted by Crippen LogP contribution is 2.43. The topological polar surface area (TPSA) is 107 Å². The van der Waals surface area contributed by atoms with Crippen LogP contribution in [-0.4, -0.2) is 39.5 Å². The first-order chi connectivity index (χ1) is 16.7. The van der Waals surface area contributed by atoms with Crippen molar-refractivity contribution in [2.24, 2.45) is 0 Å². The first-order valence-corrected chi connectivity index (χ1v) is 12.9. The summed E-state index contributed by atoms with van der Waals surface area (Å²) in [5.74, 6) is -0.970. The summed E-state index contributed by atoms with van der Waals surface area (Å²) >= 11 is 3.22. The van der Waals surface area contributed by atoms with Gasteiger partial charge in [-0.05, 0) is 60.7 Å². The van der Waals surface area contributed by atoms with Crippen LogP contribution in [0.2, 0.25) is 0 Å². The molecule has 0 unspecified atom stereocenters. The van der Waals surface area contributed by atoms with Crippen LogP contribution >= 0.6 is 34.4 Å².